The van der Waals surface area contributed by atoms with Crippen LogP contribution in [-0.4, -0.2) is 22.0 Å². The number of halogens is 1. The van der Waals surface area contributed by atoms with E-state index in [1.165, 1.54) is 18.3 Å². The quantitative estimate of drug-likeness (QED) is 0.666. The summed E-state index contributed by atoms with van der Waals surface area (Å²) in [4.78, 5) is 25.6. The molecule has 1 amide bonds. The van der Waals surface area contributed by atoms with Gasteiger partial charge in [0, 0.05) is 12.3 Å². The van der Waals surface area contributed by atoms with Gasteiger partial charge in [-0.1, -0.05) is 15.9 Å². The number of carbonyl (C=O) groups is 2. The first-order valence-corrected chi connectivity index (χ1v) is 5.46. The molecule has 0 bridgehead atoms. The summed E-state index contributed by atoms with van der Waals surface area (Å²) in [6.45, 7) is 1.44. The molecule has 4 nitrogen and oxygen atoms in total. The minimum absolute atomic E-state index is 0.101. The Hall–Kier alpha value is -0.750. The van der Waals surface area contributed by atoms with E-state index in [2.05, 4.69) is 26.2 Å². The van der Waals surface area contributed by atoms with Crippen molar-refractivity contribution in [1.82, 2.24) is 4.98 Å². The van der Waals surface area contributed by atoms with Gasteiger partial charge in [0.2, 0.25) is 5.91 Å². The minimum Gasteiger partial charge on any atom is -0.301 e. The second kappa shape index (κ2) is 4.48. The van der Waals surface area contributed by atoms with Crippen LogP contribution in [0.4, 0.5) is 5.13 Å². The van der Waals surface area contributed by atoms with Crippen molar-refractivity contribution in [3.05, 3.63) is 11.1 Å². The summed E-state index contributed by atoms with van der Waals surface area (Å²) < 4.78 is 0. The summed E-state index contributed by atoms with van der Waals surface area (Å²) in [5.74, 6) is -0.278. The van der Waals surface area contributed by atoms with Crippen molar-refractivity contribution in [1.29, 1.82) is 0 Å². The summed E-state index contributed by atoms with van der Waals surface area (Å²) in [7, 11) is 0. The van der Waals surface area contributed by atoms with Crippen molar-refractivity contribution in [2.75, 3.05) is 10.6 Å². The molecule has 1 N–H and O–H groups in total. The van der Waals surface area contributed by atoms with E-state index >= 15 is 0 Å². The molecule has 0 atom stereocenters. The van der Waals surface area contributed by atoms with Crippen LogP contribution in [0.1, 0.15) is 17.4 Å². The van der Waals surface area contributed by atoms with Gasteiger partial charge >= 0.3 is 0 Å². The second-order valence-corrected chi connectivity index (χ2v) is 3.69. The molecular weight excluding hydrogens is 256 g/mol. The van der Waals surface area contributed by atoms with Crippen LogP contribution in [0, 0.1) is 0 Å². The molecule has 0 aliphatic heterocycles. The number of carbonyl (C=O) groups excluding carboxylic acids is 2. The van der Waals surface area contributed by atoms with Gasteiger partial charge in [-0.2, -0.15) is 0 Å². The summed E-state index contributed by atoms with van der Waals surface area (Å²) in [6, 6.07) is 0. The van der Waals surface area contributed by atoms with E-state index in [0.717, 1.165) is 0 Å². The van der Waals surface area contributed by atoms with Crippen LogP contribution in [0.15, 0.2) is 5.38 Å². The topological polar surface area (TPSA) is 59.1 Å². The number of thiazole rings is 1. The monoisotopic (exact) mass is 262 g/mol. The molecule has 1 heterocycles. The van der Waals surface area contributed by atoms with Crippen LogP contribution in [0.2, 0.25) is 0 Å². The molecule has 1 rings (SSSR count). The van der Waals surface area contributed by atoms with E-state index in [-0.39, 0.29) is 17.0 Å². The smallest absolute Gasteiger partial charge is 0.236 e. The van der Waals surface area contributed by atoms with Crippen molar-refractivity contribution in [3.63, 3.8) is 0 Å². The van der Waals surface area contributed by atoms with E-state index in [9.17, 15) is 9.59 Å². The molecule has 0 saturated heterocycles. The largest absolute Gasteiger partial charge is 0.301 e. The lowest BCUT2D eigenvalue weighted by atomic mass is 10.4. The first kappa shape index (κ1) is 10.3. The zero-order chi connectivity index (χ0) is 9.84. The van der Waals surface area contributed by atoms with Crippen LogP contribution < -0.4 is 5.32 Å². The first-order chi connectivity index (χ1) is 6.13. The van der Waals surface area contributed by atoms with Crippen molar-refractivity contribution >= 4 is 44.1 Å². The number of hydrogen-bond donors (Lipinski definition) is 1. The number of anilines is 1. The molecule has 0 aliphatic rings. The highest BCUT2D eigenvalue weighted by Crippen LogP contribution is 2.15. The fourth-order valence-electron chi connectivity index (χ4n) is 0.646. The van der Waals surface area contributed by atoms with Gasteiger partial charge in [-0.3, -0.25) is 9.59 Å². The number of nitrogens with zero attached hydrogens (tertiary/aromatic N) is 1. The van der Waals surface area contributed by atoms with Crippen LogP contribution in [-0.2, 0) is 4.79 Å². The highest BCUT2D eigenvalue weighted by molar-refractivity contribution is 9.09. The van der Waals surface area contributed by atoms with Crippen molar-refractivity contribution in [3.8, 4) is 0 Å². The van der Waals surface area contributed by atoms with Crippen LogP contribution in [0.25, 0.3) is 0 Å². The lowest BCUT2D eigenvalue weighted by Crippen LogP contribution is -2.12. The highest BCUT2D eigenvalue weighted by Gasteiger charge is 2.07. The second-order valence-electron chi connectivity index (χ2n) is 2.28. The fourth-order valence-corrected chi connectivity index (χ4v) is 1.55. The molecule has 13 heavy (non-hydrogen) atoms. The lowest BCUT2D eigenvalue weighted by Gasteiger charge is -1.94. The molecule has 1 aromatic heterocycles. The SMILES string of the molecule is CC(=O)c1csc(NC(=O)CBr)n1. The first-order valence-electron chi connectivity index (χ1n) is 3.45. The predicted molar refractivity (Wildman–Crippen MR) is 54.5 cm³/mol. The van der Waals surface area contributed by atoms with Crippen LogP contribution >= 0.6 is 27.3 Å². The number of alkyl halides is 1. The van der Waals surface area contributed by atoms with Gasteiger partial charge in [-0.15, -0.1) is 11.3 Å². The van der Waals surface area contributed by atoms with Gasteiger partial charge in [0.05, 0.1) is 5.33 Å². The maximum Gasteiger partial charge on any atom is 0.236 e. The maximum atomic E-state index is 10.9. The predicted octanol–water partition coefficient (Wildman–Crippen LogP) is 1.68. The normalized spacial score (nSPS) is 9.69. The van der Waals surface area contributed by atoms with Crippen molar-refractivity contribution < 1.29 is 9.59 Å². The Labute approximate surface area is 87.5 Å². The number of hydrogen-bond acceptors (Lipinski definition) is 4. The lowest BCUT2D eigenvalue weighted by molar-refractivity contribution is -0.113. The Bertz CT molecular complexity index is 337. The van der Waals surface area contributed by atoms with E-state index in [1.54, 1.807) is 5.38 Å². The van der Waals surface area contributed by atoms with E-state index in [0.29, 0.717) is 10.8 Å². The Morgan fingerprint density at radius 1 is 1.69 bits per heavy atom. The zero-order valence-corrected chi connectivity index (χ0v) is 9.24. The number of Topliss-reactive ketones (excluding diaryl/α,β-unsaturated/α-hetero) is 1. The third kappa shape index (κ3) is 2.89. The van der Waals surface area contributed by atoms with Gasteiger partial charge < -0.3 is 5.32 Å². The maximum absolute atomic E-state index is 10.9. The van der Waals surface area contributed by atoms with Crippen molar-refractivity contribution in [2.24, 2.45) is 0 Å². The molecule has 0 aliphatic carbocycles. The molecule has 0 aromatic carbocycles. The molecule has 0 fully saturated rings. The summed E-state index contributed by atoms with van der Waals surface area (Å²) in [5.41, 5.74) is 0.384. The van der Waals surface area contributed by atoms with Gasteiger partial charge in [0.15, 0.2) is 10.9 Å². The Balaban J connectivity index is 2.69. The van der Waals surface area contributed by atoms with Crippen LogP contribution in [0.5, 0.6) is 0 Å². The van der Waals surface area contributed by atoms with Gasteiger partial charge in [0.1, 0.15) is 5.69 Å². The third-order valence-corrected chi connectivity index (χ3v) is 2.50. The summed E-state index contributed by atoms with van der Waals surface area (Å²) in [5, 5.41) is 4.83. The van der Waals surface area contributed by atoms with E-state index in [1.807, 2.05) is 0 Å². The van der Waals surface area contributed by atoms with Gasteiger partial charge in [-0.05, 0) is 0 Å². The molecule has 0 spiro atoms. The molecule has 1 aromatic rings. The molecular formula is C7H7BrN2O2S. The Morgan fingerprint density at radius 3 is 2.85 bits per heavy atom. The minimum atomic E-state index is -0.176. The summed E-state index contributed by atoms with van der Waals surface area (Å²) >= 11 is 4.24. The highest BCUT2D eigenvalue weighted by atomic mass is 79.9. The fraction of sp³-hybridized carbons (Fsp3) is 0.286. The van der Waals surface area contributed by atoms with E-state index in [4.69, 9.17) is 0 Å². The molecule has 70 valence electrons. The number of aromatic nitrogens is 1. The number of nitrogens with one attached hydrogen (secondary N) is 1. The molecule has 6 heteroatoms. The molecule has 0 unspecified atom stereocenters. The number of ketones is 1. The Kier molecular flexibility index (Phi) is 3.56. The van der Waals surface area contributed by atoms with Gasteiger partial charge in [0.25, 0.3) is 0 Å². The average molecular weight is 263 g/mol. The number of rotatable bonds is 3. The van der Waals surface area contributed by atoms with Crippen molar-refractivity contribution in [2.45, 2.75) is 6.92 Å². The Morgan fingerprint density at radius 2 is 2.38 bits per heavy atom. The summed E-state index contributed by atoms with van der Waals surface area (Å²) in [6.07, 6.45) is 0. The van der Waals surface area contributed by atoms with Crippen LogP contribution in [0.3, 0.4) is 0 Å². The molecule has 0 radical (unpaired) electrons. The average Bonchev–Trinajstić information content (AvgIpc) is 2.52. The third-order valence-electron chi connectivity index (χ3n) is 1.23. The van der Waals surface area contributed by atoms with Gasteiger partial charge in [-0.25, -0.2) is 4.98 Å². The number of amides is 1. The zero-order valence-electron chi connectivity index (χ0n) is 6.83. The molecule has 0 saturated carbocycles. The standard InChI is InChI=1S/C7H7BrN2O2S/c1-4(11)5-3-13-7(9-5)10-6(12)2-8/h3H,2H2,1H3,(H,9,10,12). The van der Waals surface area contributed by atoms with E-state index < -0.39 is 0 Å².